The van der Waals surface area contributed by atoms with Crippen LogP contribution in [0.3, 0.4) is 0 Å². The number of piperidine rings is 1. The number of hydrogen-bond acceptors (Lipinski definition) is 5. The quantitative estimate of drug-likeness (QED) is 0.336. The van der Waals surface area contributed by atoms with Crippen molar-refractivity contribution in [2.45, 2.75) is 46.1 Å². The van der Waals surface area contributed by atoms with Gasteiger partial charge in [0.25, 0.3) is 0 Å². The number of likely N-dealkylation sites (tertiary alicyclic amines) is 1. The Bertz CT molecular complexity index is 741. The predicted molar refractivity (Wildman–Crippen MR) is 130 cm³/mol. The van der Waals surface area contributed by atoms with E-state index in [1.54, 1.807) is 19.1 Å². The zero-order valence-corrected chi connectivity index (χ0v) is 21.1. The molecule has 0 spiro atoms. The van der Waals surface area contributed by atoms with Crippen LogP contribution in [-0.2, 0) is 4.74 Å². The lowest BCUT2D eigenvalue weighted by Gasteiger charge is -2.38. The molecule has 1 fully saturated rings. The van der Waals surface area contributed by atoms with Crippen LogP contribution in [0.25, 0.3) is 0 Å². The van der Waals surface area contributed by atoms with Gasteiger partial charge >= 0.3 is 6.09 Å². The number of hydrogen-bond donors (Lipinski definition) is 2. The molecular weight excluding hydrogens is 499 g/mol. The van der Waals surface area contributed by atoms with E-state index in [1.807, 2.05) is 39.0 Å². The summed E-state index contributed by atoms with van der Waals surface area (Å²) in [7, 11) is 3.18. The Morgan fingerprint density at radius 1 is 1.20 bits per heavy atom. The predicted octanol–water partition coefficient (Wildman–Crippen LogP) is 4.09. The SMILES string of the molecule is COc1ccc(NC(N)=NCC2(C)CCN(C(=O)OC(C)(C)C)CC2)cc1OC.I. The highest BCUT2D eigenvalue weighted by molar-refractivity contribution is 14.0. The number of aliphatic imine (C=N–C) groups is 1. The van der Waals surface area contributed by atoms with Crippen LogP contribution in [0.4, 0.5) is 10.5 Å². The van der Waals surface area contributed by atoms with Gasteiger partial charge in [-0.2, -0.15) is 0 Å². The zero-order chi connectivity index (χ0) is 21.7. The summed E-state index contributed by atoms with van der Waals surface area (Å²) in [6.07, 6.45) is 1.44. The van der Waals surface area contributed by atoms with Gasteiger partial charge in [0.15, 0.2) is 17.5 Å². The van der Waals surface area contributed by atoms with Crippen LogP contribution >= 0.6 is 24.0 Å². The van der Waals surface area contributed by atoms with Gasteiger partial charge in [0.1, 0.15) is 5.60 Å². The van der Waals surface area contributed by atoms with Gasteiger partial charge in [-0.3, -0.25) is 4.99 Å². The van der Waals surface area contributed by atoms with Gasteiger partial charge in [-0.05, 0) is 51.2 Å². The lowest BCUT2D eigenvalue weighted by Crippen LogP contribution is -2.45. The second-order valence-corrected chi connectivity index (χ2v) is 8.67. The minimum atomic E-state index is -0.480. The summed E-state index contributed by atoms with van der Waals surface area (Å²) in [6, 6.07) is 5.47. The Balaban J connectivity index is 0.00000450. The Morgan fingerprint density at radius 2 is 1.80 bits per heavy atom. The maximum Gasteiger partial charge on any atom is 0.410 e. The van der Waals surface area contributed by atoms with Crippen LogP contribution in [-0.4, -0.2) is 56.4 Å². The van der Waals surface area contributed by atoms with Crippen molar-refractivity contribution in [3.8, 4) is 11.5 Å². The van der Waals surface area contributed by atoms with E-state index in [0.29, 0.717) is 37.1 Å². The minimum Gasteiger partial charge on any atom is -0.493 e. The maximum atomic E-state index is 12.2. The van der Waals surface area contributed by atoms with Crippen molar-refractivity contribution in [2.75, 3.05) is 39.2 Å². The fourth-order valence-corrected chi connectivity index (χ4v) is 3.09. The first-order valence-electron chi connectivity index (χ1n) is 9.82. The fourth-order valence-electron chi connectivity index (χ4n) is 3.09. The molecule has 0 unspecified atom stereocenters. The number of halogens is 1. The summed E-state index contributed by atoms with van der Waals surface area (Å²) in [5.74, 6) is 1.61. The molecule has 0 radical (unpaired) electrons. The lowest BCUT2D eigenvalue weighted by molar-refractivity contribution is 0.0127. The van der Waals surface area contributed by atoms with E-state index < -0.39 is 5.60 Å². The number of nitrogens with one attached hydrogen (secondary N) is 1. The number of methoxy groups -OCH3 is 2. The van der Waals surface area contributed by atoms with E-state index in [0.717, 1.165) is 18.5 Å². The first-order valence-corrected chi connectivity index (χ1v) is 9.82. The van der Waals surface area contributed by atoms with Gasteiger partial charge < -0.3 is 30.2 Å². The molecule has 1 heterocycles. The number of amides is 1. The Labute approximate surface area is 196 Å². The standard InChI is InChI=1S/C21H34N4O4.HI/c1-20(2,3)29-19(26)25-11-9-21(4,10-12-25)14-23-18(22)24-15-7-8-16(27-5)17(13-15)28-6;/h7-8,13H,9-12,14H2,1-6H3,(H3,22,23,24);1H. The number of guanidine groups is 1. The van der Waals surface area contributed by atoms with E-state index >= 15 is 0 Å². The van der Waals surface area contributed by atoms with Crippen molar-refractivity contribution in [3.05, 3.63) is 18.2 Å². The molecule has 1 saturated heterocycles. The second kappa shape index (κ2) is 10.9. The number of ether oxygens (including phenoxy) is 3. The molecule has 1 aromatic carbocycles. The molecule has 30 heavy (non-hydrogen) atoms. The highest BCUT2D eigenvalue weighted by Gasteiger charge is 2.33. The van der Waals surface area contributed by atoms with Crippen molar-refractivity contribution >= 4 is 41.7 Å². The molecule has 1 aliphatic heterocycles. The topological polar surface area (TPSA) is 98.4 Å². The molecule has 0 saturated carbocycles. The van der Waals surface area contributed by atoms with Crippen LogP contribution in [0.15, 0.2) is 23.2 Å². The van der Waals surface area contributed by atoms with E-state index in [9.17, 15) is 4.79 Å². The number of anilines is 1. The van der Waals surface area contributed by atoms with Crippen molar-refractivity contribution in [1.82, 2.24) is 4.90 Å². The van der Waals surface area contributed by atoms with E-state index in [1.165, 1.54) is 0 Å². The fraction of sp³-hybridized carbons (Fsp3) is 0.619. The largest absolute Gasteiger partial charge is 0.493 e. The first kappa shape index (κ1) is 26.1. The molecule has 1 aliphatic rings. The summed E-state index contributed by atoms with van der Waals surface area (Å²) < 4.78 is 16.0. The van der Waals surface area contributed by atoms with Gasteiger partial charge in [-0.15, -0.1) is 24.0 Å². The number of nitrogens with two attached hydrogens (primary N) is 1. The molecule has 0 atom stereocenters. The molecule has 9 heteroatoms. The third-order valence-corrected chi connectivity index (χ3v) is 4.91. The highest BCUT2D eigenvalue weighted by atomic mass is 127. The third-order valence-electron chi connectivity index (χ3n) is 4.91. The van der Waals surface area contributed by atoms with Crippen LogP contribution in [0, 0.1) is 5.41 Å². The minimum absolute atomic E-state index is 0. The number of rotatable bonds is 5. The van der Waals surface area contributed by atoms with Gasteiger partial charge in [0.2, 0.25) is 0 Å². The average molecular weight is 534 g/mol. The summed E-state index contributed by atoms with van der Waals surface area (Å²) >= 11 is 0. The summed E-state index contributed by atoms with van der Waals surface area (Å²) in [5.41, 5.74) is 6.35. The zero-order valence-electron chi connectivity index (χ0n) is 18.8. The normalized spacial score (nSPS) is 16.3. The van der Waals surface area contributed by atoms with Gasteiger partial charge in [0, 0.05) is 31.4 Å². The highest BCUT2D eigenvalue weighted by Crippen LogP contribution is 2.32. The molecule has 1 aromatic rings. The van der Waals surface area contributed by atoms with Crippen LogP contribution in [0.2, 0.25) is 0 Å². The average Bonchev–Trinajstić information content (AvgIpc) is 2.65. The lowest BCUT2D eigenvalue weighted by atomic mass is 9.80. The molecule has 2 rings (SSSR count). The summed E-state index contributed by atoms with van der Waals surface area (Å²) in [4.78, 5) is 18.5. The number of nitrogens with zero attached hydrogens (tertiary/aromatic N) is 2. The molecule has 0 aliphatic carbocycles. The molecule has 3 N–H and O–H groups in total. The monoisotopic (exact) mass is 534 g/mol. The van der Waals surface area contributed by atoms with E-state index in [-0.39, 0.29) is 35.5 Å². The number of benzene rings is 1. The van der Waals surface area contributed by atoms with Crippen molar-refractivity contribution in [3.63, 3.8) is 0 Å². The summed E-state index contributed by atoms with van der Waals surface area (Å²) in [5, 5.41) is 3.09. The van der Waals surface area contributed by atoms with Gasteiger partial charge in [-0.25, -0.2) is 4.79 Å². The Hall–Kier alpha value is -1.91. The number of carbonyl (C=O) groups excluding carboxylic acids is 1. The Morgan fingerprint density at radius 3 is 2.33 bits per heavy atom. The van der Waals surface area contributed by atoms with Crippen molar-refractivity contribution in [2.24, 2.45) is 16.1 Å². The number of carbonyl (C=O) groups is 1. The van der Waals surface area contributed by atoms with Crippen LogP contribution in [0.5, 0.6) is 11.5 Å². The maximum absolute atomic E-state index is 12.2. The molecule has 0 aromatic heterocycles. The van der Waals surface area contributed by atoms with Crippen molar-refractivity contribution in [1.29, 1.82) is 0 Å². The van der Waals surface area contributed by atoms with Crippen LogP contribution < -0.4 is 20.5 Å². The molecule has 170 valence electrons. The van der Waals surface area contributed by atoms with E-state index in [2.05, 4.69) is 17.2 Å². The molecular formula is C21H35IN4O4. The van der Waals surface area contributed by atoms with E-state index in [4.69, 9.17) is 19.9 Å². The van der Waals surface area contributed by atoms with Gasteiger partial charge in [-0.1, -0.05) is 6.92 Å². The first-order chi connectivity index (χ1) is 13.5. The Kier molecular flexibility index (Phi) is 9.51. The summed E-state index contributed by atoms with van der Waals surface area (Å²) in [6.45, 7) is 9.70. The van der Waals surface area contributed by atoms with Gasteiger partial charge in [0.05, 0.1) is 14.2 Å². The third kappa shape index (κ3) is 7.73. The van der Waals surface area contributed by atoms with Crippen molar-refractivity contribution < 1.29 is 19.0 Å². The molecule has 0 bridgehead atoms. The smallest absolute Gasteiger partial charge is 0.410 e. The molecule has 8 nitrogen and oxygen atoms in total. The second-order valence-electron chi connectivity index (χ2n) is 8.67. The molecule has 1 amide bonds. The van der Waals surface area contributed by atoms with Crippen LogP contribution in [0.1, 0.15) is 40.5 Å².